The van der Waals surface area contributed by atoms with Gasteiger partial charge in [0.1, 0.15) is 5.56 Å². The molecule has 7 heteroatoms. The summed E-state index contributed by atoms with van der Waals surface area (Å²) in [6, 6.07) is 1.50. The molecule has 0 radical (unpaired) electrons. The van der Waals surface area contributed by atoms with Crippen molar-refractivity contribution in [3.05, 3.63) is 45.1 Å². The monoisotopic (exact) mass is 373 g/mol. The minimum Gasteiger partial charge on any atom is -0.477 e. The summed E-state index contributed by atoms with van der Waals surface area (Å²) < 4.78 is 16.2. The Balaban J connectivity index is 1.91. The second-order valence-corrected chi connectivity index (χ2v) is 7.73. The van der Waals surface area contributed by atoms with Crippen molar-refractivity contribution < 1.29 is 14.3 Å². The van der Waals surface area contributed by atoms with Crippen molar-refractivity contribution in [1.29, 1.82) is 0 Å². The number of halogens is 1. The van der Waals surface area contributed by atoms with Gasteiger partial charge in [-0.05, 0) is 68.8 Å². The molecule has 2 N–H and O–H groups in total. The highest BCUT2D eigenvalue weighted by Gasteiger charge is 2.32. The number of rotatable bonds is 5. The highest BCUT2D eigenvalue weighted by Crippen LogP contribution is 2.44. The fraction of sp³-hybridized carbons (Fsp3) is 0.500. The molecule has 0 bridgehead atoms. The number of pyridine rings is 2. The Hall–Kier alpha value is -2.41. The van der Waals surface area contributed by atoms with Crippen LogP contribution in [0.2, 0.25) is 0 Å². The van der Waals surface area contributed by atoms with Gasteiger partial charge in [0.15, 0.2) is 5.82 Å². The molecular weight excluding hydrogens is 349 g/mol. The predicted molar refractivity (Wildman–Crippen MR) is 102 cm³/mol. The Kier molecular flexibility index (Phi) is 4.42. The van der Waals surface area contributed by atoms with Gasteiger partial charge in [0, 0.05) is 13.1 Å². The zero-order valence-electron chi connectivity index (χ0n) is 15.6. The second kappa shape index (κ2) is 6.64. The molecule has 2 aromatic rings. The lowest BCUT2D eigenvalue weighted by Gasteiger charge is -2.24. The first-order valence-electron chi connectivity index (χ1n) is 9.43. The van der Waals surface area contributed by atoms with Crippen LogP contribution in [0.25, 0.3) is 5.52 Å². The summed E-state index contributed by atoms with van der Waals surface area (Å²) >= 11 is 0. The first-order valence-corrected chi connectivity index (χ1v) is 9.43. The van der Waals surface area contributed by atoms with Crippen LogP contribution >= 0.6 is 0 Å². The molecular formula is C20H24FN3O3. The zero-order valence-corrected chi connectivity index (χ0v) is 15.6. The highest BCUT2D eigenvalue weighted by atomic mass is 19.1. The van der Waals surface area contributed by atoms with Crippen LogP contribution in [0.1, 0.15) is 46.7 Å². The number of nitrogens with one attached hydrogen (secondary N) is 1. The smallest absolute Gasteiger partial charge is 0.341 e. The number of carbonyl (C=O) groups is 1. The van der Waals surface area contributed by atoms with Gasteiger partial charge in [0.25, 0.3) is 5.56 Å². The Bertz CT molecular complexity index is 981. The number of aryl methyl sites for hydroxylation is 1. The van der Waals surface area contributed by atoms with Gasteiger partial charge in [-0.15, -0.1) is 0 Å². The number of aromatic nitrogens is 1. The second-order valence-electron chi connectivity index (χ2n) is 7.73. The van der Waals surface area contributed by atoms with Crippen LogP contribution in [0.5, 0.6) is 0 Å². The quantitative estimate of drug-likeness (QED) is 0.842. The van der Waals surface area contributed by atoms with Gasteiger partial charge in [0.2, 0.25) is 0 Å². The molecule has 2 fully saturated rings. The van der Waals surface area contributed by atoms with Crippen molar-refractivity contribution in [2.45, 2.75) is 32.1 Å². The van der Waals surface area contributed by atoms with E-state index in [1.165, 1.54) is 16.7 Å². The number of hydrogen-bond donors (Lipinski definition) is 2. The van der Waals surface area contributed by atoms with Crippen molar-refractivity contribution in [3.63, 3.8) is 0 Å². The SMILES string of the molecule is CNC[C@@H]1CCN(c2c(F)cn3c(=O)c(C(=O)O)cc(C4CC4)c3c2C)C1. The number of nitrogens with zero attached hydrogens (tertiary/aromatic N) is 2. The van der Waals surface area contributed by atoms with Crippen LogP contribution in [0.3, 0.4) is 0 Å². The first kappa shape index (κ1) is 18.0. The summed E-state index contributed by atoms with van der Waals surface area (Å²) in [5.41, 5.74) is 1.80. The van der Waals surface area contributed by atoms with Crippen LogP contribution < -0.4 is 15.8 Å². The fourth-order valence-corrected chi connectivity index (χ4v) is 4.38. The number of hydrogen-bond acceptors (Lipinski definition) is 4. The van der Waals surface area contributed by atoms with Crippen LogP contribution in [0.15, 0.2) is 17.1 Å². The molecule has 1 saturated carbocycles. The van der Waals surface area contributed by atoms with Crippen molar-refractivity contribution in [2.75, 3.05) is 31.6 Å². The number of carboxylic acids is 1. The maximum absolute atomic E-state index is 15.0. The van der Waals surface area contributed by atoms with E-state index in [0.717, 1.165) is 50.0 Å². The summed E-state index contributed by atoms with van der Waals surface area (Å²) in [6.07, 6.45) is 4.09. The Morgan fingerprint density at radius 2 is 2.11 bits per heavy atom. The average Bonchev–Trinajstić information content (AvgIpc) is 3.36. The third kappa shape index (κ3) is 3.00. The molecule has 4 rings (SSSR count). The van der Waals surface area contributed by atoms with Crippen molar-refractivity contribution in [1.82, 2.24) is 9.72 Å². The molecule has 27 heavy (non-hydrogen) atoms. The molecule has 2 aliphatic rings. The first-order chi connectivity index (χ1) is 12.9. The summed E-state index contributed by atoms with van der Waals surface area (Å²) in [5, 5.41) is 12.6. The van der Waals surface area contributed by atoms with Gasteiger partial charge in [-0.2, -0.15) is 0 Å². The van der Waals surface area contributed by atoms with Crippen LogP contribution in [0.4, 0.5) is 10.1 Å². The normalized spacial score (nSPS) is 19.8. The highest BCUT2D eigenvalue weighted by molar-refractivity contribution is 5.89. The van der Waals surface area contributed by atoms with Gasteiger partial charge in [-0.1, -0.05) is 0 Å². The summed E-state index contributed by atoms with van der Waals surface area (Å²) in [7, 11) is 1.92. The minimum atomic E-state index is -1.27. The molecule has 1 saturated heterocycles. The largest absolute Gasteiger partial charge is 0.477 e. The molecule has 1 aliphatic carbocycles. The summed E-state index contributed by atoms with van der Waals surface area (Å²) in [5.74, 6) is -1.04. The van der Waals surface area contributed by atoms with E-state index in [2.05, 4.69) is 10.2 Å². The zero-order chi connectivity index (χ0) is 19.3. The van der Waals surface area contributed by atoms with Gasteiger partial charge in [-0.3, -0.25) is 9.20 Å². The number of aromatic carboxylic acids is 1. The Morgan fingerprint density at radius 3 is 2.74 bits per heavy atom. The van der Waals surface area contributed by atoms with E-state index >= 15 is 4.39 Å². The molecule has 2 aromatic heterocycles. The number of fused-ring (bicyclic) bond motifs is 1. The van der Waals surface area contributed by atoms with Crippen LogP contribution in [0, 0.1) is 18.7 Å². The average molecular weight is 373 g/mol. The molecule has 3 heterocycles. The molecule has 1 aliphatic heterocycles. The molecule has 0 aromatic carbocycles. The molecule has 0 unspecified atom stereocenters. The minimum absolute atomic E-state index is 0.242. The van der Waals surface area contributed by atoms with Crippen LogP contribution in [-0.4, -0.2) is 42.2 Å². The standard InChI is InChI=1S/C20H24FN3O3/c1-11-17-14(13-3-4-13)7-15(20(26)27)19(25)24(17)10-16(21)18(11)23-6-5-12(9-23)8-22-2/h7,10,12-13,22H,3-6,8-9H2,1-2H3,(H,26,27)/t12-/m0/s1. The third-order valence-electron chi connectivity index (χ3n) is 5.78. The number of carboxylic acid groups (broad SMARTS) is 1. The summed E-state index contributed by atoms with van der Waals surface area (Å²) in [6.45, 7) is 4.27. The lowest BCUT2D eigenvalue weighted by atomic mass is 10.0. The van der Waals surface area contributed by atoms with Gasteiger partial charge < -0.3 is 15.3 Å². The van der Waals surface area contributed by atoms with Crippen molar-refractivity contribution >= 4 is 17.2 Å². The Labute approximate surface area is 156 Å². The molecule has 1 atom stereocenters. The fourth-order valence-electron chi connectivity index (χ4n) is 4.38. The van der Waals surface area contributed by atoms with E-state index in [0.29, 0.717) is 17.1 Å². The van der Waals surface area contributed by atoms with Crippen molar-refractivity contribution in [2.24, 2.45) is 5.92 Å². The lowest BCUT2D eigenvalue weighted by molar-refractivity contribution is 0.0694. The maximum Gasteiger partial charge on any atom is 0.341 e. The summed E-state index contributed by atoms with van der Waals surface area (Å²) in [4.78, 5) is 26.2. The predicted octanol–water partition coefficient (Wildman–Crippen LogP) is 2.37. The van der Waals surface area contributed by atoms with Crippen LogP contribution in [-0.2, 0) is 0 Å². The van der Waals surface area contributed by atoms with Gasteiger partial charge >= 0.3 is 5.97 Å². The van der Waals surface area contributed by atoms with E-state index in [1.54, 1.807) is 0 Å². The maximum atomic E-state index is 15.0. The number of anilines is 1. The van der Waals surface area contributed by atoms with E-state index in [1.807, 2.05) is 14.0 Å². The van der Waals surface area contributed by atoms with Crippen molar-refractivity contribution in [3.8, 4) is 0 Å². The topological polar surface area (TPSA) is 74.0 Å². The van der Waals surface area contributed by atoms with Gasteiger partial charge in [-0.25, -0.2) is 9.18 Å². The van der Waals surface area contributed by atoms with E-state index in [9.17, 15) is 14.7 Å². The van der Waals surface area contributed by atoms with E-state index < -0.39 is 17.3 Å². The Morgan fingerprint density at radius 1 is 1.37 bits per heavy atom. The van der Waals surface area contributed by atoms with E-state index in [4.69, 9.17) is 0 Å². The van der Waals surface area contributed by atoms with E-state index in [-0.39, 0.29) is 11.5 Å². The molecule has 144 valence electrons. The van der Waals surface area contributed by atoms with Gasteiger partial charge in [0.05, 0.1) is 17.4 Å². The molecule has 0 spiro atoms. The third-order valence-corrected chi connectivity index (χ3v) is 5.78. The lowest BCUT2D eigenvalue weighted by Crippen LogP contribution is -2.28. The molecule has 6 nitrogen and oxygen atoms in total. The molecule has 0 amide bonds.